The van der Waals surface area contributed by atoms with Crippen LogP contribution in [0.25, 0.3) is 11.2 Å². The maximum Gasteiger partial charge on any atom is 0.332 e. The van der Waals surface area contributed by atoms with E-state index >= 15 is 0 Å². The van der Waals surface area contributed by atoms with Crippen LogP contribution in [-0.4, -0.2) is 34.6 Å². The van der Waals surface area contributed by atoms with Gasteiger partial charge in [0.1, 0.15) is 12.9 Å². The van der Waals surface area contributed by atoms with Gasteiger partial charge in [0.05, 0.1) is 18.6 Å². The number of rotatable bonds is 4. The molecule has 130 valence electrons. The highest BCUT2D eigenvalue weighted by molar-refractivity contribution is 5.78. The monoisotopic (exact) mass is 343 g/mol. The Morgan fingerprint density at radius 1 is 1.16 bits per heavy atom. The summed E-state index contributed by atoms with van der Waals surface area (Å²) in [6, 6.07) is 1.78. The second kappa shape index (κ2) is 6.30. The molecule has 0 bridgehead atoms. The van der Waals surface area contributed by atoms with E-state index in [0.29, 0.717) is 5.69 Å². The molecule has 0 atom stereocenters. The number of aryl methyl sites for hydroxylation is 2. The Morgan fingerprint density at radius 2 is 1.92 bits per heavy atom. The predicted octanol–water partition coefficient (Wildman–Crippen LogP) is -1.15. The molecular formula is C15H17N7O3. The number of aromatic nitrogens is 6. The molecule has 0 radical (unpaired) electrons. The smallest absolute Gasteiger partial charge is 0.332 e. The molecule has 0 spiro atoms. The fourth-order valence-corrected chi connectivity index (χ4v) is 2.52. The van der Waals surface area contributed by atoms with Gasteiger partial charge in [-0.05, 0) is 13.0 Å². The van der Waals surface area contributed by atoms with E-state index < -0.39 is 11.2 Å². The van der Waals surface area contributed by atoms with E-state index in [-0.39, 0.29) is 30.2 Å². The zero-order valence-corrected chi connectivity index (χ0v) is 14.1. The van der Waals surface area contributed by atoms with E-state index in [9.17, 15) is 14.4 Å². The van der Waals surface area contributed by atoms with E-state index in [1.54, 1.807) is 6.07 Å². The largest absolute Gasteiger partial charge is 0.349 e. The maximum absolute atomic E-state index is 12.3. The molecule has 1 N–H and O–H groups in total. The lowest BCUT2D eigenvalue weighted by Gasteiger charge is -2.08. The van der Waals surface area contributed by atoms with Gasteiger partial charge in [0, 0.05) is 19.8 Å². The first kappa shape index (κ1) is 16.6. The molecule has 0 unspecified atom stereocenters. The lowest BCUT2D eigenvalue weighted by molar-refractivity contribution is -0.121. The zero-order chi connectivity index (χ0) is 18.1. The molecule has 3 rings (SSSR count). The topological polar surface area (TPSA) is 117 Å². The Balaban J connectivity index is 1.82. The molecular weight excluding hydrogens is 326 g/mol. The minimum Gasteiger partial charge on any atom is -0.349 e. The average Bonchev–Trinajstić information content (AvgIpc) is 3.00. The fourth-order valence-electron chi connectivity index (χ4n) is 2.52. The molecule has 0 saturated heterocycles. The van der Waals surface area contributed by atoms with E-state index in [1.807, 2.05) is 6.92 Å². The van der Waals surface area contributed by atoms with Crippen molar-refractivity contribution < 1.29 is 4.79 Å². The molecule has 3 aromatic rings. The molecule has 10 nitrogen and oxygen atoms in total. The van der Waals surface area contributed by atoms with Crippen molar-refractivity contribution in [2.24, 2.45) is 14.1 Å². The Hall–Kier alpha value is -3.30. The van der Waals surface area contributed by atoms with E-state index in [2.05, 4.69) is 20.3 Å². The van der Waals surface area contributed by atoms with Crippen LogP contribution in [0.4, 0.5) is 0 Å². The number of imidazole rings is 1. The Kier molecular flexibility index (Phi) is 4.17. The Morgan fingerprint density at radius 3 is 2.64 bits per heavy atom. The molecule has 25 heavy (non-hydrogen) atoms. The van der Waals surface area contributed by atoms with Crippen molar-refractivity contribution in [3.63, 3.8) is 0 Å². The van der Waals surface area contributed by atoms with Crippen molar-refractivity contribution in [3.05, 3.63) is 50.9 Å². The molecule has 3 heterocycles. The van der Waals surface area contributed by atoms with Crippen LogP contribution >= 0.6 is 0 Å². The van der Waals surface area contributed by atoms with Crippen molar-refractivity contribution in [2.75, 3.05) is 0 Å². The van der Waals surface area contributed by atoms with Crippen LogP contribution in [0.5, 0.6) is 0 Å². The van der Waals surface area contributed by atoms with E-state index in [1.165, 1.54) is 35.9 Å². The molecule has 1 amide bonds. The van der Waals surface area contributed by atoms with Crippen LogP contribution in [0.15, 0.2) is 28.3 Å². The lowest BCUT2D eigenvalue weighted by Crippen LogP contribution is -2.38. The minimum absolute atomic E-state index is 0.0893. The maximum atomic E-state index is 12.3. The molecule has 0 aromatic carbocycles. The normalized spacial score (nSPS) is 11.0. The summed E-state index contributed by atoms with van der Waals surface area (Å²) in [6.45, 7) is 2.00. The van der Waals surface area contributed by atoms with Crippen LogP contribution in [-0.2, 0) is 32.0 Å². The van der Waals surface area contributed by atoms with Crippen molar-refractivity contribution in [3.8, 4) is 0 Å². The van der Waals surface area contributed by atoms with Gasteiger partial charge >= 0.3 is 5.69 Å². The number of hydrogen-bond acceptors (Lipinski definition) is 6. The molecule has 0 fully saturated rings. The highest BCUT2D eigenvalue weighted by atomic mass is 16.2. The third-order valence-electron chi connectivity index (χ3n) is 3.86. The summed E-state index contributed by atoms with van der Waals surface area (Å²) in [5, 5.41) is 2.73. The summed E-state index contributed by atoms with van der Waals surface area (Å²) in [5.74, 6) is -0.300. The average molecular weight is 343 g/mol. The molecule has 0 aliphatic rings. The van der Waals surface area contributed by atoms with Crippen molar-refractivity contribution in [1.82, 2.24) is 34.0 Å². The highest BCUT2D eigenvalue weighted by Gasteiger charge is 2.15. The second-order valence-electron chi connectivity index (χ2n) is 5.68. The minimum atomic E-state index is -0.491. The lowest BCUT2D eigenvalue weighted by atomic mass is 10.3. The van der Waals surface area contributed by atoms with Gasteiger partial charge in [-0.3, -0.25) is 18.7 Å². The first-order chi connectivity index (χ1) is 11.9. The highest BCUT2D eigenvalue weighted by Crippen LogP contribution is 2.05. The third kappa shape index (κ3) is 3.05. The molecule has 10 heteroatoms. The molecule has 3 aromatic heterocycles. The Bertz CT molecular complexity index is 1080. The quantitative estimate of drug-likeness (QED) is 0.639. The zero-order valence-electron chi connectivity index (χ0n) is 14.1. The van der Waals surface area contributed by atoms with Crippen molar-refractivity contribution in [1.29, 1.82) is 0 Å². The first-order valence-electron chi connectivity index (χ1n) is 7.53. The van der Waals surface area contributed by atoms with Crippen LogP contribution in [0.2, 0.25) is 0 Å². The van der Waals surface area contributed by atoms with Crippen LogP contribution < -0.4 is 16.6 Å². The summed E-state index contributed by atoms with van der Waals surface area (Å²) in [5.41, 5.74) is 0.991. The van der Waals surface area contributed by atoms with Crippen LogP contribution in [0.3, 0.4) is 0 Å². The van der Waals surface area contributed by atoms with Gasteiger partial charge in [0.25, 0.3) is 5.56 Å². The predicted molar refractivity (Wildman–Crippen MR) is 88.8 cm³/mol. The summed E-state index contributed by atoms with van der Waals surface area (Å²) < 4.78 is 3.69. The molecule has 0 aliphatic heterocycles. The summed E-state index contributed by atoms with van der Waals surface area (Å²) in [4.78, 5) is 48.5. The van der Waals surface area contributed by atoms with Gasteiger partial charge in [-0.1, -0.05) is 0 Å². The van der Waals surface area contributed by atoms with Gasteiger partial charge in [-0.15, -0.1) is 0 Å². The number of nitrogens with one attached hydrogen (secondary N) is 1. The van der Waals surface area contributed by atoms with Gasteiger partial charge in [0.2, 0.25) is 5.91 Å². The fraction of sp³-hybridized carbons (Fsp3) is 0.333. The number of carbonyl (C=O) groups is 1. The van der Waals surface area contributed by atoms with Crippen molar-refractivity contribution >= 4 is 17.1 Å². The van der Waals surface area contributed by atoms with Crippen molar-refractivity contribution in [2.45, 2.75) is 20.0 Å². The van der Waals surface area contributed by atoms with E-state index in [0.717, 1.165) is 10.3 Å². The Labute approximate surface area is 141 Å². The van der Waals surface area contributed by atoms with Gasteiger partial charge < -0.3 is 9.88 Å². The van der Waals surface area contributed by atoms with Gasteiger partial charge in [-0.2, -0.15) is 0 Å². The summed E-state index contributed by atoms with van der Waals surface area (Å²) in [6.07, 6.45) is 2.81. The number of nitrogens with zero attached hydrogens (tertiary/aromatic N) is 6. The SMILES string of the molecule is Cc1cc(CNC(=O)Cn2cnc3c2c(=O)n(C)c(=O)n3C)ncn1. The molecule has 0 aliphatic carbocycles. The molecule has 0 saturated carbocycles. The number of fused-ring (bicyclic) bond motifs is 1. The number of carbonyl (C=O) groups excluding carboxylic acids is 1. The summed E-state index contributed by atoms with van der Waals surface area (Å²) >= 11 is 0. The summed E-state index contributed by atoms with van der Waals surface area (Å²) in [7, 11) is 2.91. The van der Waals surface area contributed by atoms with Crippen LogP contribution in [0.1, 0.15) is 11.4 Å². The number of hydrogen-bond donors (Lipinski definition) is 1. The number of amides is 1. The van der Waals surface area contributed by atoms with E-state index in [4.69, 9.17) is 0 Å². The van der Waals surface area contributed by atoms with Crippen LogP contribution in [0, 0.1) is 6.92 Å². The van der Waals surface area contributed by atoms with Gasteiger partial charge in [-0.25, -0.2) is 19.7 Å². The standard InChI is InChI=1S/C15H17N7O3/c1-9-4-10(18-7-17-9)5-16-11(23)6-22-8-19-13-12(22)14(24)21(3)15(25)20(13)2/h4,7-8H,5-6H2,1-3H3,(H,16,23). The van der Waals surface area contributed by atoms with Gasteiger partial charge in [0.15, 0.2) is 11.2 Å². The second-order valence-corrected chi connectivity index (χ2v) is 5.68. The first-order valence-corrected chi connectivity index (χ1v) is 7.53. The third-order valence-corrected chi connectivity index (χ3v) is 3.86.